The number of H-pyrrole nitrogens is 1. The summed E-state index contributed by atoms with van der Waals surface area (Å²) in [4.78, 5) is 12.3. The highest BCUT2D eigenvalue weighted by molar-refractivity contribution is 5.92. The molecule has 1 unspecified atom stereocenters. The van der Waals surface area contributed by atoms with Gasteiger partial charge in [0.1, 0.15) is 11.4 Å². The van der Waals surface area contributed by atoms with E-state index in [0.717, 1.165) is 35.4 Å². The van der Waals surface area contributed by atoms with E-state index in [2.05, 4.69) is 22.4 Å². The summed E-state index contributed by atoms with van der Waals surface area (Å²) in [5.41, 5.74) is 3.48. The summed E-state index contributed by atoms with van der Waals surface area (Å²) in [6.07, 6.45) is 1.90. The second-order valence-electron chi connectivity index (χ2n) is 5.47. The van der Waals surface area contributed by atoms with E-state index in [4.69, 9.17) is 4.74 Å². The van der Waals surface area contributed by atoms with E-state index >= 15 is 0 Å². The number of amides is 1. The van der Waals surface area contributed by atoms with Crippen LogP contribution >= 0.6 is 0 Å². The molecule has 0 aliphatic heterocycles. The van der Waals surface area contributed by atoms with Gasteiger partial charge in [0, 0.05) is 11.3 Å². The zero-order valence-electron chi connectivity index (χ0n) is 13.6. The zero-order chi connectivity index (χ0) is 16.1. The van der Waals surface area contributed by atoms with Gasteiger partial charge in [-0.15, -0.1) is 0 Å². The van der Waals surface area contributed by atoms with Gasteiger partial charge in [0.15, 0.2) is 0 Å². The SMILES string of the molecule is CCCc1cc(C(=O)NC(C)c2cc(C)ccc2OC)n[nH]1. The number of carbonyl (C=O) groups excluding carboxylic acids is 1. The first-order valence-electron chi connectivity index (χ1n) is 7.54. The van der Waals surface area contributed by atoms with Crippen molar-refractivity contribution in [1.82, 2.24) is 15.5 Å². The largest absolute Gasteiger partial charge is 0.496 e. The van der Waals surface area contributed by atoms with Gasteiger partial charge in [-0.3, -0.25) is 9.89 Å². The molecule has 0 bridgehead atoms. The molecule has 5 nitrogen and oxygen atoms in total. The lowest BCUT2D eigenvalue weighted by molar-refractivity contribution is 0.0934. The minimum Gasteiger partial charge on any atom is -0.496 e. The fraction of sp³-hybridized carbons (Fsp3) is 0.412. The molecule has 2 N–H and O–H groups in total. The van der Waals surface area contributed by atoms with Gasteiger partial charge in [0.05, 0.1) is 13.2 Å². The monoisotopic (exact) mass is 301 g/mol. The molecule has 1 aromatic heterocycles. The summed E-state index contributed by atoms with van der Waals surface area (Å²) in [5, 5.41) is 9.94. The van der Waals surface area contributed by atoms with Crippen LogP contribution in [0.2, 0.25) is 0 Å². The second kappa shape index (κ2) is 7.11. The molecule has 0 saturated heterocycles. The van der Waals surface area contributed by atoms with Crippen molar-refractivity contribution >= 4 is 5.91 Å². The number of nitrogens with zero attached hydrogens (tertiary/aromatic N) is 1. The van der Waals surface area contributed by atoms with Crippen LogP contribution in [-0.4, -0.2) is 23.2 Å². The summed E-state index contributed by atoms with van der Waals surface area (Å²) in [5.74, 6) is 0.585. The van der Waals surface area contributed by atoms with Crippen molar-refractivity contribution < 1.29 is 9.53 Å². The van der Waals surface area contributed by atoms with Crippen LogP contribution in [0.25, 0.3) is 0 Å². The normalized spacial score (nSPS) is 12.0. The van der Waals surface area contributed by atoms with Gasteiger partial charge >= 0.3 is 0 Å². The first kappa shape index (κ1) is 16.1. The van der Waals surface area contributed by atoms with E-state index < -0.39 is 0 Å². The molecule has 5 heteroatoms. The summed E-state index contributed by atoms with van der Waals surface area (Å²) in [6, 6.07) is 7.58. The molecule has 0 saturated carbocycles. The van der Waals surface area contributed by atoms with E-state index in [1.54, 1.807) is 13.2 Å². The van der Waals surface area contributed by atoms with E-state index in [-0.39, 0.29) is 11.9 Å². The lowest BCUT2D eigenvalue weighted by Crippen LogP contribution is -2.27. The third kappa shape index (κ3) is 3.67. The maximum Gasteiger partial charge on any atom is 0.272 e. The molecule has 0 aliphatic rings. The minimum absolute atomic E-state index is 0.159. The minimum atomic E-state index is -0.185. The van der Waals surface area contributed by atoms with Crippen molar-refractivity contribution in [3.63, 3.8) is 0 Å². The van der Waals surface area contributed by atoms with Gasteiger partial charge in [0.2, 0.25) is 0 Å². The van der Waals surface area contributed by atoms with E-state index in [0.29, 0.717) is 5.69 Å². The molecule has 0 fully saturated rings. The van der Waals surface area contributed by atoms with Crippen molar-refractivity contribution in [3.05, 3.63) is 46.8 Å². The Balaban J connectivity index is 2.12. The Labute approximate surface area is 131 Å². The first-order valence-corrected chi connectivity index (χ1v) is 7.54. The highest BCUT2D eigenvalue weighted by Gasteiger charge is 2.17. The number of benzene rings is 1. The van der Waals surface area contributed by atoms with Gasteiger partial charge in [-0.25, -0.2) is 0 Å². The molecule has 0 radical (unpaired) electrons. The summed E-state index contributed by atoms with van der Waals surface area (Å²) in [7, 11) is 1.63. The van der Waals surface area contributed by atoms with Crippen LogP contribution in [0, 0.1) is 6.92 Å². The maximum absolute atomic E-state index is 12.3. The number of hydrogen-bond acceptors (Lipinski definition) is 3. The van der Waals surface area contributed by atoms with Crippen molar-refractivity contribution in [1.29, 1.82) is 0 Å². The maximum atomic E-state index is 12.3. The van der Waals surface area contributed by atoms with Crippen LogP contribution in [0.5, 0.6) is 5.75 Å². The van der Waals surface area contributed by atoms with E-state index in [1.165, 1.54) is 0 Å². The molecule has 1 atom stereocenters. The van der Waals surface area contributed by atoms with Gasteiger partial charge in [-0.2, -0.15) is 5.10 Å². The Hall–Kier alpha value is -2.30. The van der Waals surface area contributed by atoms with E-state index in [9.17, 15) is 4.79 Å². The molecule has 2 aromatic rings. The molecule has 0 aliphatic carbocycles. The lowest BCUT2D eigenvalue weighted by Gasteiger charge is -2.17. The summed E-state index contributed by atoms with van der Waals surface area (Å²) >= 11 is 0. The molecule has 2 rings (SSSR count). The number of rotatable bonds is 6. The van der Waals surface area contributed by atoms with Crippen LogP contribution in [0.1, 0.15) is 53.6 Å². The van der Waals surface area contributed by atoms with E-state index in [1.807, 2.05) is 32.0 Å². The molecule has 118 valence electrons. The van der Waals surface area contributed by atoms with Crippen LogP contribution in [0.4, 0.5) is 0 Å². The third-order valence-electron chi connectivity index (χ3n) is 3.58. The molecular formula is C17H23N3O2. The standard InChI is InChI=1S/C17H23N3O2/c1-5-6-13-10-15(20-19-13)17(21)18-12(3)14-9-11(2)7-8-16(14)22-4/h7-10,12H,5-6H2,1-4H3,(H,18,21)(H,19,20). The topological polar surface area (TPSA) is 67.0 Å². The number of aromatic nitrogens is 2. The number of nitrogens with one attached hydrogen (secondary N) is 2. The number of methoxy groups -OCH3 is 1. The molecule has 1 amide bonds. The van der Waals surface area contributed by atoms with Crippen molar-refractivity contribution in [2.75, 3.05) is 7.11 Å². The fourth-order valence-corrected chi connectivity index (χ4v) is 2.42. The average Bonchev–Trinajstić information content (AvgIpc) is 2.96. The number of hydrogen-bond donors (Lipinski definition) is 2. The number of ether oxygens (including phenoxy) is 1. The first-order chi connectivity index (χ1) is 10.5. The Morgan fingerprint density at radius 3 is 2.86 bits per heavy atom. The summed E-state index contributed by atoms with van der Waals surface area (Å²) < 4.78 is 5.37. The van der Waals surface area contributed by atoms with Gasteiger partial charge in [-0.1, -0.05) is 31.0 Å². The Morgan fingerprint density at radius 1 is 1.41 bits per heavy atom. The van der Waals surface area contributed by atoms with Crippen LogP contribution in [0.15, 0.2) is 24.3 Å². The van der Waals surface area contributed by atoms with Crippen LogP contribution < -0.4 is 10.1 Å². The number of carbonyl (C=O) groups is 1. The van der Waals surface area contributed by atoms with Crippen LogP contribution in [-0.2, 0) is 6.42 Å². The molecule has 1 aromatic carbocycles. The van der Waals surface area contributed by atoms with Crippen molar-refractivity contribution in [3.8, 4) is 5.75 Å². The van der Waals surface area contributed by atoms with Crippen molar-refractivity contribution in [2.45, 2.75) is 39.7 Å². The quantitative estimate of drug-likeness (QED) is 0.861. The third-order valence-corrected chi connectivity index (χ3v) is 3.58. The number of aromatic amines is 1. The molecule has 0 spiro atoms. The Kier molecular flexibility index (Phi) is 5.20. The van der Waals surface area contributed by atoms with Gasteiger partial charge in [0.25, 0.3) is 5.91 Å². The predicted molar refractivity (Wildman–Crippen MR) is 86.2 cm³/mol. The predicted octanol–water partition coefficient (Wildman–Crippen LogP) is 3.17. The molecular weight excluding hydrogens is 278 g/mol. The Bertz CT molecular complexity index is 649. The van der Waals surface area contributed by atoms with Crippen LogP contribution in [0.3, 0.4) is 0 Å². The van der Waals surface area contributed by atoms with Gasteiger partial charge < -0.3 is 10.1 Å². The smallest absolute Gasteiger partial charge is 0.272 e. The highest BCUT2D eigenvalue weighted by atomic mass is 16.5. The second-order valence-corrected chi connectivity index (χ2v) is 5.47. The zero-order valence-corrected chi connectivity index (χ0v) is 13.6. The summed E-state index contributed by atoms with van der Waals surface area (Å²) in [6.45, 7) is 6.05. The Morgan fingerprint density at radius 2 is 2.18 bits per heavy atom. The van der Waals surface area contributed by atoms with Gasteiger partial charge in [-0.05, 0) is 32.4 Å². The fourth-order valence-electron chi connectivity index (χ4n) is 2.42. The molecule has 1 heterocycles. The number of aryl methyl sites for hydroxylation is 2. The highest BCUT2D eigenvalue weighted by Crippen LogP contribution is 2.26. The van der Waals surface area contributed by atoms with Crippen molar-refractivity contribution in [2.24, 2.45) is 0 Å². The average molecular weight is 301 g/mol. The molecule has 22 heavy (non-hydrogen) atoms. The lowest BCUT2D eigenvalue weighted by atomic mass is 10.0.